The van der Waals surface area contributed by atoms with Crippen molar-refractivity contribution in [2.45, 2.75) is 55.4 Å². The third-order valence-corrected chi connectivity index (χ3v) is 8.65. The fourth-order valence-electron chi connectivity index (χ4n) is 5.11. The molecule has 8 heteroatoms. The number of hydrogen-bond donors (Lipinski definition) is 0. The molecule has 2 saturated heterocycles. The molecule has 188 valence electrons. The summed E-state index contributed by atoms with van der Waals surface area (Å²) in [6.07, 6.45) is 2.91. The zero-order valence-corrected chi connectivity index (χ0v) is 21.8. The van der Waals surface area contributed by atoms with Gasteiger partial charge in [0.05, 0.1) is 10.0 Å². The van der Waals surface area contributed by atoms with Gasteiger partial charge in [0.25, 0.3) is 5.91 Å². The molecule has 1 amide bonds. The van der Waals surface area contributed by atoms with Crippen LogP contribution in [0.5, 0.6) is 5.75 Å². The Morgan fingerprint density at radius 1 is 0.889 bits per heavy atom. The molecule has 2 heterocycles. The number of piperidine rings is 1. The van der Waals surface area contributed by atoms with E-state index in [0.717, 1.165) is 41.5 Å². The lowest BCUT2D eigenvalue weighted by Gasteiger charge is -2.39. The van der Waals surface area contributed by atoms with E-state index >= 15 is 0 Å². The Balaban J connectivity index is 1.16. The van der Waals surface area contributed by atoms with E-state index in [0.29, 0.717) is 28.5 Å². The highest BCUT2D eigenvalue weighted by Gasteiger charge is 2.44. The normalized spacial score (nSPS) is 21.0. The zero-order chi connectivity index (χ0) is 25.2. The highest BCUT2D eigenvalue weighted by Crippen LogP contribution is 2.38. The van der Waals surface area contributed by atoms with Gasteiger partial charge in [0.2, 0.25) is 0 Å². The fraction of sp³-hybridized carbons (Fsp3) is 0.321. The van der Waals surface area contributed by atoms with Crippen molar-refractivity contribution < 1.29 is 18.3 Å². The van der Waals surface area contributed by atoms with Crippen molar-refractivity contribution >= 4 is 40.9 Å². The Hall–Kier alpha value is -2.28. The number of fused-ring (bicyclic) bond motifs is 2. The van der Waals surface area contributed by atoms with Gasteiger partial charge < -0.3 is 9.64 Å². The van der Waals surface area contributed by atoms with Gasteiger partial charge >= 0.3 is 0 Å². The predicted octanol–water partition coefficient (Wildman–Crippen LogP) is 7.92. The smallest absolute Gasteiger partial charge is 0.254 e. The van der Waals surface area contributed by atoms with E-state index in [4.69, 9.17) is 27.9 Å². The van der Waals surface area contributed by atoms with E-state index in [9.17, 15) is 13.6 Å². The molecule has 3 nitrogen and oxygen atoms in total. The summed E-state index contributed by atoms with van der Waals surface area (Å²) in [6.45, 7) is 0. The molecule has 0 spiro atoms. The second-order valence-corrected chi connectivity index (χ2v) is 11.1. The standard InChI is InChI=1S/C28H25Cl2F2NO2S/c29-24-9-3-18(11-25(24)30)16-36-15-17-1-4-19(5-2-17)28(34)33-21-7-8-22(33)14-23(13-21)35-27-10-6-20(31)12-26(27)32/h1-6,9-12,21-23H,7-8,13-16H2/t21-,22-/m0/s1. The highest BCUT2D eigenvalue weighted by atomic mass is 35.5. The molecule has 3 aromatic carbocycles. The number of halogens is 4. The van der Waals surface area contributed by atoms with E-state index in [1.54, 1.807) is 11.8 Å². The largest absolute Gasteiger partial charge is 0.487 e. The van der Waals surface area contributed by atoms with Crippen LogP contribution in [-0.4, -0.2) is 29.0 Å². The van der Waals surface area contributed by atoms with Crippen molar-refractivity contribution in [2.24, 2.45) is 0 Å². The fourth-order valence-corrected chi connectivity index (χ4v) is 6.38. The molecule has 0 saturated carbocycles. The van der Waals surface area contributed by atoms with Gasteiger partial charge in [-0.2, -0.15) is 11.8 Å². The van der Waals surface area contributed by atoms with Gasteiger partial charge in [0.1, 0.15) is 11.9 Å². The van der Waals surface area contributed by atoms with E-state index in [1.165, 1.54) is 12.1 Å². The van der Waals surface area contributed by atoms with Crippen molar-refractivity contribution in [3.63, 3.8) is 0 Å². The minimum atomic E-state index is -0.698. The Morgan fingerprint density at radius 2 is 1.56 bits per heavy atom. The van der Waals surface area contributed by atoms with Gasteiger partial charge in [-0.05, 0) is 60.4 Å². The SMILES string of the molecule is O=C(c1ccc(CSCc2ccc(Cl)c(Cl)c2)cc1)N1[C@H]2CC[C@H]1CC(Oc1ccc(F)cc1F)C2. The summed E-state index contributed by atoms with van der Waals surface area (Å²) in [4.78, 5) is 15.3. The Labute approximate surface area is 223 Å². The van der Waals surface area contributed by atoms with Crippen molar-refractivity contribution in [1.82, 2.24) is 4.90 Å². The van der Waals surface area contributed by atoms with Crippen LogP contribution in [0, 0.1) is 11.6 Å². The van der Waals surface area contributed by atoms with Crippen molar-refractivity contribution in [3.05, 3.63) is 99.0 Å². The maximum absolute atomic E-state index is 14.0. The topological polar surface area (TPSA) is 29.5 Å². The van der Waals surface area contributed by atoms with Gasteiger partial charge in [0, 0.05) is 48.1 Å². The molecule has 2 fully saturated rings. The first-order valence-electron chi connectivity index (χ1n) is 11.9. The zero-order valence-electron chi connectivity index (χ0n) is 19.4. The van der Waals surface area contributed by atoms with Gasteiger partial charge in [0.15, 0.2) is 11.6 Å². The molecule has 0 aromatic heterocycles. The predicted molar refractivity (Wildman–Crippen MR) is 141 cm³/mol. The number of benzene rings is 3. The maximum atomic E-state index is 14.0. The first-order valence-corrected chi connectivity index (χ1v) is 13.8. The lowest BCUT2D eigenvalue weighted by atomic mass is 9.98. The van der Waals surface area contributed by atoms with Gasteiger partial charge in [-0.25, -0.2) is 8.78 Å². The average molecular weight is 548 g/mol. The van der Waals surface area contributed by atoms with Gasteiger partial charge in [-0.3, -0.25) is 4.79 Å². The number of hydrogen-bond acceptors (Lipinski definition) is 3. The lowest BCUT2D eigenvalue weighted by Crippen LogP contribution is -2.49. The second kappa shape index (κ2) is 11.0. The quantitative estimate of drug-likeness (QED) is 0.301. The van der Waals surface area contributed by atoms with E-state index in [2.05, 4.69) is 0 Å². The number of nitrogens with zero attached hydrogens (tertiary/aromatic N) is 1. The third kappa shape index (κ3) is 5.66. The molecule has 0 unspecified atom stereocenters. The van der Waals surface area contributed by atoms with Crippen LogP contribution >= 0.6 is 35.0 Å². The summed E-state index contributed by atoms with van der Waals surface area (Å²) in [6, 6.07) is 16.9. The molecule has 2 bridgehead atoms. The maximum Gasteiger partial charge on any atom is 0.254 e. The summed E-state index contributed by atoms with van der Waals surface area (Å²) >= 11 is 13.8. The Morgan fingerprint density at radius 3 is 2.22 bits per heavy atom. The Kier molecular flexibility index (Phi) is 7.75. The van der Waals surface area contributed by atoms with Gasteiger partial charge in [-0.15, -0.1) is 0 Å². The highest BCUT2D eigenvalue weighted by molar-refractivity contribution is 7.97. The van der Waals surface area contributed by atoms with Crippen molar-refractivity contribution in [2.75, 3.05) is 0 Å². The summed E-state index contributed by atoms with van der Waals surface area (Å²) in [5.41, 5.74) is 2.94. The summed E-state index contributed by atoms with van der Waals surface area (Å²) < 4.78 is 33.1. The molecule has 2 aliphatic rings. The molecule has 3 aromatic rings. The van der Waals surface area contributed by atoms with Crippen LogP contribution in [0.2, 0.25) is 10.0 Å². The first-order chi connectivity index (χ1) is 17.4. The minimum Gasteiger partial charge on any atom is -0.487 e. The van der Waals surface area contributed by atoms with Crippen LogP contribution in [0.25, 0.3) is 0 Å². The van der Waals surface area contributed by atoms with Crippen molar-refractivity contribution in [1.29, 1.82) is 0 Å². The number of thioether (sulfide) groups is 1. The molecule has 36 heavy (non-hydrogen) atoms. The minimum absolute atomic E-state index is 0.0314. The Bertz CT molecular complexity index is 1240. The van der Waals surface area contributed by atoms with E-state index < -0.39 is 11.6 Å². The number of ether oxygens (including phenoxy) is 1. The first kappa shape index (κ1) is 25.4. The van der Waals surface area contributed by atoms with E-state index in [1.807, 2.05) is 47.4 Å². The average Bonchev–Trinajstić information content (AvgIpc) is 3.13. The number of rotatable bonds is 7. The van der Waals surface area contributed by atoms with Crippen molar-refractivity contribution in [3.8, 4) is 5.75 Å². The molecule has 0 radical (unpaired) electrons. The summed E-state index contributed by atoms with van der Waals surface area (Å²) in [5, 5.41) is 1.11. The van der Waals surface area contributed by atoms with Crippen LogP contribution in [0.4, 0.5) is 8.78 Å². The van der Waals surface area contributed by atoms with Crippen LogP contribution in [0.15, 0.2) is 60.7 Å². The van der Waals surface area contributed by atoms with Gasteiger partial charge in [-0.1, -0.05) is 41.4 Å². The molecular formula is C28H25Cl2F2NO2S. The lowest BCUT2D eigenvalue weighted by molar-refractivity contribution is 0.0349. The van der Waals surface area contributed by atoms with Crippen LogP contribution in [-0.2, 0) is 11.5 Å². The number of carbonyl (C=O) groups is 1. The van der Waals surface area contributed by atoms with Crippen LogP contribution < -0.4 is 4.74 Å². The molecule has 2 atom stereocenters. The molecule has 5 rings (SSSR count). The molecular weight excluding hydrogens is 523 g/mol. The number of carbonyl (C=O) groups excluding carboxylic acids is 1. The summed E-state index contributed by atoms with van der Waals surface area (Å²) in [5.74, 6) is 0.409. The third-order valence-electron chi connectivity index (χ3n) is 6.83. The monoisotopic (exact) mass is 547 g/mol. The molecule has 0 aliphatic carbocycles. The second-order valence-electron chi connectivity index (χ2n) is 9.32. The molecule has 2 aliphatic heterocycles. The van der Waals surface area contributed by atoms with E-state index in [-0.39, 0.29) is 29.8 Å². The van der Waals surface area contributed by atoms with Crippen LogP contribution in [0.3, 0.4) is 0 Å². The van der Waals surface area contributed by atoms with Crippen LogP contribution in [0.1, 0.15) is 47.2 Å². The summed E-state index contributed by atoms with van der Waals surface area (Å²) in [7, 11) is 0. The molecule has 0 N–H and O–H groups in total. The number of amides is 1.